The Balaban J connectivity index is 1.99. The molecule has 0 radical (unpaired) electrons. The number of ether oxygens (including phenoxy) is 1. The van der Waals surface area contributed by atoms with Crippen LogP contribution < -0.4 is 0 Å². The highest BCUT2D eigenvalue weighted by molar-refractivity contribution is 6.44. The number of rotatable bonds is 3. The van der Waals surface area contributed by atoms with E-state index in [1.807, 2.05) is 0 Å². The van der Waals surface area contributed by atoms with Crippen molar-refractivity contribution < 1.29 is 19.1 Å². The van der Waals surface area contributed by atoms with Gasteiger partial charge in [-0.1, -0.05) is 0 Å². The molecule has 2 heterocycles. The van der Waals surface area contributed by atoms with E-state index < -0.39 is 17.8 Å². The summed E-state index contributed by atoms with van der Waals surface area (Å²) < 4.78 is 4.94. The lowest BCUT2D eigenvalue weighted by molar-refractivity contribution is -0.142. The molecule has 0 aromatic carbocycles. The number of carbonyl (C=O) groups is 3. The van der Waals surface area contributed by atoms with Gasteiger partial charge in [0.05, 0.1) is 12.7 Å². The monoisotopic (exact) mass is 198 g/mol. The zero-order chi connectivity index (χ0) is 10.3. The molecule has 0 aromatic rings. The van der Waals surface area contributed by atoms with Crippen molar-refractivity contribution in [2.75, 3.05) is 20.2 Å². The maximum atomic E-state index is 11.3. The average Bonchev–Trinajstić information content (AvgIpc) is 2.95. The van der Waals surface area contributed by atoms with Crippen molar-refractivity contribution in [2.24, 2.45) is 0 Å². The Hall–Kier alpha value is -1.43. The fourth-order valence-electron chi connectivity index (χ4n) is 1.32. The van der Waals surface area contributed by atoms with Crippen LogP contribution in [0.15, 0.2) is 0 Å². The number of carbonyl (C=O) groups excluding carboxylic acids is 3. The summed E-state index contributed by atoms with van der Waals surface area (Å²) in [6, 6.07) is -0.541. The fourth-order valence-corrected chi connectivity index (χ4v) is 1.32. The normalized spacial score (nSPS) is 26.4. The predicted molar refractivity (Wildman–Crippen MR) is 44.2 cm³/mol. The molecule has 76 valence electrons. The van der Waals surface area contributed by atoms with Crippen LogP contribution in [0.25, 0.3) is 0 Å². The first-order valence-electron chi connectivity index (χ1n) is 4.36. The molecule has 4 amide bonds. The van der Waals surface area contributed by atoms with Crippen molar-refractivity contribution in [3.8, 4) is 0 Å². The Morgan fingerprint density at radius 1 is 1.36 bits per heavy atom. The molecule has 0 N–H and O–H groups in total. The molecule has 0 bridgehead atoms. The number of imide groups is 2. The third-order valence-corrected chi connectivity index (χ3v) is 2.33. The molecule has 0 aromatic heterocycles. The highest BCUT2D eigenvalue weighted by Gasteiger charge is 2.42. The second-order valence-electron chi connectivity index (χ2n) is 3.35. The van der Waals surface area contributed by atoms with Gasteiger partial charge in [-0.05, 0) is 6.42 Å². The van der Waals surface area contributed by atoms with Crippen molar-refractivity contribution in [3.05, 3.63) is 0 Å². The van der Waals surface area contributed by atoms with Gasteiger partial charge in [-0.3, -0.25) is 19.4 Å². The smallest absolute Gasteiger partial charge is 0.333 e. The topological polar surface area (TPSA) is 70.2 Å². The van der Waals surface area contributed by atoms with Gasteiger partial charge in [0.1, 0.15) is 0 Å². The third-order valence-electron chi connectivity index (χ3n) is 2.33. The zero-order valence-corrected chi connectivity index (χ0v) is 7.73. The van der Waals surface area contributed by atoms with Gasteiger partial charge in [0, 0.05) is 13.6 Å². The maximum absolute atomic E-state index is 11.3. The summed E-state index contributed by atoms with van der Waals surface area (Å²) >= 11 is 0. The lowest BCUT2D eigenvalue weighted by atomic mass is 10.3. The quantitative estimate of drug-likeness (QED) is 0.338. The van der Waals surface area contributed by atoms with E-state index >= 15 is 0 Å². The Labute approximate surface area is 80.4 Å². The zero-order valence-electron chi connectivity index (χ0n) is 7.73. The van der Waals surface area contributed by atoms with Crippen molar-refractivity contribution >= 4 is 17.8 Å². The molecule has 2 rings (SSSR count). The summed E-state index contributed by atoms with van der Waals surface area (Å²) in [6.45, 7) is 0.943. The molecule has 0 spiro atoms. The number of epoxide rings is 1. The summed E-state index contributed by atoms with van der Waals surface area (Å²) in [7, 11) is 1.30. The van der Waals surface area contributed by atoms with Crippen LogP contribution >= 0.6 is 0 Å². The SMILES string of the molecule is CN1C(=O)C(=O)N(CCC2CO2)C1=O. The number of likely N-dealkylation sites (N-methyl/N-ethyl adjacent to an activating group) is 1. The summed E-state index contributed by atoms with van der Waals surface area (Å²) in [5.41, 5.74) is 0. The minimum atomic E-state index is -0.758. The van der Waals surface area contributed by atoms with Crippen molar-refractivity contribution in [1.82, 2.24) is 9.80 Å². The molecular formula is C8H10N2O4. The van der Waals surface area contributed by atoms with E-state index in [0.717, 1.165) is 9.80 Å². The van der Waals surface area contributed by atoms with Gasteiger partial charge in [0.25, 0.3) is 0 Å². The van der Waals surface area contributed by atoms with Crippen LogP contribution in [0.5, 0.6) is 0 Å². The molecule has 1 atom stereocenters. The van der Waals surface area contributed by atoms with Gasteiger partial charge in [-0.25, -0.2) is 4.79 Å². The Kier molecular flexibility index (Phi) is 1.99. The van der Waals surface area contributed by atoms with E-state index in [0.29, 0.717) is 13.0 Å². The van der Waals surface area contributed by atoms with Crippen molar-refractivity contribution in [2.45, 2.75) is 12.5 Å². The van der Waals surface area contributed by atoms with Gasteiger partial charge in [0.15, 0.2) is 0 Å². The number of amides is 4. The van der Waals surface area contributed by atoms with Gasteiger partial charge in [-0.2, -0.15) is 0 Å². The number of nitrogens with zero attached hydrogens (tertiary/aromatic N) is 2. The Morgan fingerprint density at radius 2 is 2.00 bits per heavy atom. The molecule has 14 heavy (non-hydrogen) atoms. The highest BCUT2D eigenvalue weighted by atomic mass is 16.6. The van der Waals surface area contributed by atoms with Crippen LogP contribution in [-0.4, -0.2) is 53.9 Å². The van der Waals surface area contributed by atoms with Crippen LogP contribution in [0, 0.1) is 0 Å². The standard InChI is InChI=1S/C8H10N2O4/c1-9-6(11)7(12)10(8(9)13)3-2-5-4-14-5/h5H,2-4H2,1H3. The number of urea groups is 1. The highest BCUT2D eigenvalue weighted by Crippen LogP contribution is 2.16. The second-order valence-corrected chi connectivity index (χ2v) is 3.35. The third kappa shape index (κ3) is 1.37. The second kappa shape index (κ2) is 3.06. The van der Waals surface area contributed by atoms with E-state index in [1.54, 1.807) is 0 Å². The first kappa shape index (κ1) is 9.14. The molecule has 2 aliphatic rings. The molecule has 0 saturated carbocycles. The Bertz CT molecular complexity index is 310. The van der Waals surface area contributed by atoms with E-state index in [2.05, 4.69) is 0 Å². The number of hydrogen-bond donors (Lipinski definition) is 0. The Morgan fingerprint density at radius 3 is 2.43 bits per heavy atom. The summed E-state index contributed by atoms with van der Waals surface area (Å²) in [6.07, 6.45) is 0.759. The van der Waals surface area contributed by atoms with Gasteiger partial charge in [0.2, 0.25) is 0 Å². The molecular weight excluding hydrogens is 188 g/mol. The van der Waals surface area contributed by atoms with Crippen LogP contribution in [0.3, 0.4) is 0 Å². The van der Waals surface area contributed by atoms with Crippen LogP contribution in [0.1, 0.15) is 6.42 Å². The maximum Gasteiger partial charge on any atom is 0.333 e. The van der Waals surface area contributed by atoms with Gasteiger partial charge >= 0.3 is 17.8 Å². The molecule has 2 aliphatic heterocycles. The molecule has 0 aliphatic carbocycles. The summed E-state index contributed by atoms with van der Waals surface area (Å²) in [4.78, 5) is 35.4. The van der Waals surface area contributed by atoms with E-state index in [1.165, 1.54) is 7.05 Å². The number of hydrogen-bond acceptors (Lipinski definition) is 4. The largest absolute Gasteiger partial charge is 0.373 e. The summed E-state index contributed by atoms with van der Waals surface area (Å²) in [5.74, 6) is -1.50. The van der Waals surface area contributed by atoms with E-state index in [9.17, 15) is 14.4 Å². The van der Waals surface area contributed by atoms with Crippen molar-refractivity contribution in [3.63, 3.8) is 0 Å². The lowest BCUT2D eigenvalue weighted by Crippen LogP contribution is -2.33. The van der Waals surface area contributed by atoms with E-state index in [-0.39, 0.29) is 12.6 Å². The average molecular weight is 198 g/mol. The van der Waals surface area contributed by atoms with Crippen LogP contribution in [0.2, 0.25) is 0 Å². The lowest BCUT2D eigenvalue weighted by Gasteiger charge is -2.11. The van der Waals surface area contributed by atoms with Gasteiger partial charge < -0.3 is 4.74 Å². The molecule has 6 heteroatoms. The predicted octanol–water partition coefficient (Wildman–Crippen LogP) is -0.804. The molecule has 2 fully saturated rings. The van der Waals surface area contributed by atoms with E-state index in [4.69, 9.17) is 4.74 Å². The fraction of sp³-hybridized carbons (Fsp3) is 0.625. The summed E-state index contributed by atoms with van der Waals surface area (Å²) in [5, 5.41) is 0. The van der Waals surface area contributed by atoms with Crippen LogP contribution in [-0.2, 0) is 14.3 Å². The first-order valence-corrected chi connectivity index (χ1v) is 4.36. The molecule has 1 unspecified atom stereocenters. The minimum absolute atomic E-state index is 0.150. The molecule has 6 nitrogen and oxygen atoms in total. The minimum Gasteiger partial charge on any atom is -0.373 e. The van der Waals surface area contributed by atoms with Crippen LogP contribution in [0.4, 0.5) is 4.79 Å². The van der Waals surface area contributed by atoms with Crippen molar-refractivity contribution in [1.29, 1.82) is 0 Å². The first-order chi connectivity index (χ1) is 6.61. The molecule has 2 saturated heterocycles. The van der Waals surface area contributed by atoms with Gasteiger partial charge in [-0.15, -0.1) is 0 Å².